The Morgan fingerprint density at radius 1 is 1.50 bits per heavy atom. The Kier molecular flexibility index (Phi) is 2.80. The molecule has 0 spiro atoms. The molecule has 0 saturated heterocycles. The SMILES string of the molecule is COc1ccc2c(c1)C(=O)C(C(=O)O)(C(F)F)C2. The van der Waals surface area contributed by atoms with Crippen molar-refractivity contribution in [1.82, 2.24) is 0 Å². The van der Waals surface area contributed by atoms with Gasteiger partial charge in [-0.2, -0.15) is 0 Å². The molecular formula is C12H10F2O4. The van der Waals surface area contributed by atoms with Crippen molar-refractivity contribution in [1.29, 1.82) is 0 Å². The van der Waals surface area contributed by atoms with Gasteiger partial charge in [0.05, 0.1) is 7.11 Å². The van der Waals surface area contributed by atoms with E-state index in [1.54, 1.807) is 0 Å². The summed E-state index contributed by atoms with van der Waals surface area (Å²) >= 11 is 0. The lowest BCUT2D eigenvalue weighted by molar-refractivity contribution is -0.153. The Bertz CT molecular complexity index is 527. The van der Waals surface area contributed by atoms with Crippen LogP contribution >= 0.6 is 0 Å². The molecule has 6 heteroatoms. The normalized spacial score (nSPS) is 22.1. The molecule has 1 aromatic rings. The number of aliphatic carboxylic acids is 1. The van der Waals surface area contributed by atoms with Crippen molar-refractivity contribution in [3.63, 3.8) is 0 Å². The van der Waals surface area contributed by atoms with Crippen LogP contribution in [0.15, 0.2) is 18.2 Å². The number of carboxylic acids is 1. The Morgan fingerprint density at radius 2 is 2.17 bits per heavy atom. The number of alkyl halides is 2. The number of carboxylic acid groups (broad SMARTS) is 1. The minimum atomic E-state index is -3.25. The molecule has 18 heavy (non-hydrogen) atoms. The summed E-state index contributed by atoms with van der Waals surface area (Å²) in [6.07, 6.45) is -3.74. The molecule has 1 unspecified atom stereocenters. The van der Waals surface area contributed by atoms with Gasteiger partial charge in [-0.15, -0.1) is 0 Å². The summed E-state index contributed by atoms with van der Waals surface area (Å²) in [5.41, 5.74) is -2.35. The second kappa shape index (κ2) is 4.04. The molecule has 96 valence electrons. The molecule has 1 N–H and O–H groups in total. The molecule has 1 aliphatic rings. The van der Waals surface area contributed by atoms with E-state index in [2.05, 4.69) is 0 Å². The molecule has 0 aliphatic heterocycles. The van der Waals surface area contributed by atoms with Gasteiger partial charge in [-0.25, -0.2) is 8.78 Å². The van der Waals surface area contributed by atoms with E-state index in [0.29, 0.717) is 11.3 Å². The minimum Gasteiger partial charge on any atom is -0.497 e. The number of halogens is 2. The van der Waals surface area contributed by atoms with E-state index in [0.717, 1.165) is 0 Å². The zero-order valence-electron chi connectivity index (χ0n) is 9.44. The second-order valence-corrected chi connectivity index (χ2v) is 4.11. The third-order valence-corrected chi connectivity index (χ3v) is 3.19. The van der Waals surface area contributed by atoms with E-state index in [9.17, 15) is 18.4 Å². The zero-order valence-corrected chi connectivity index (χ0v) is 9.44. The quantitative estimate of drug-likeness (QED) is 0.837. The summed E-state index contributed by atoms with van der Waals surface area (Å²) in [6.45, 7) is 0. The van der Waals surface area contributed by atoms with Gasteiger partial charge in [0.1, 0.15) is 5.75 Å². The minimum absolute atomic E-state index is 0.00273. The van der Waals surface area contributed by atoms with Crippen LogP contribution in [-0.2, 0) is 11.2 Å². The van der Waals surface area contributed by atoms with E-state index in [4.69, 9.17) is 9.84 Å². The van der Waals surface area contributed by atoms with Gasteiger partial charge in [-0.05, 0) is 17.7 Å². The number of rotatable bonds is 3. The predicted octanol–water partition coefficient (Wildman–Crippen LogP) is 1.77. The highest BCUT2D eigenvalue weighted by molar-refractivity contribution is 6.16. The molecule has 2 rings (SSSR count). The van der Waals surface area contributed by atoms with Gasteiger partial charge in [0.15, 0.2) is 11.2 Å². The summed E-state index contributed by atoms with van der Waals surface area (Å²) < 4.78 is 30.9. The van der Waals surface area contributed by atoms with E-state index in [1.807, 2.05) is 0 Å². The van der Waals surface area contributed by atoms with Crippen molar-refractivity contribution in [2.75, 3.05) is 7.11 Å². The molecule has 1 atom stereocenters. The van der Waals surface area contributed by atoms with Crippen LogP contribution in [0.25, 0.3) is 0 Å². The Labute approximate surface area is 101 Å². The molecular weight excluding hydrogens is 246 g/mol. The highest BCUT2D eigenvalue weighted by Crippen LogP contribution is 2.42. The lowest BCUT2D eigenvalue weighted by atomic mass is 9.84. The second-order valence-electron chi connectivity index (χ2n) is 4.11. The van der Waals surface area contributed by atoms with Gasteiger partial charge in [0.2, 0.25) is 0 Å². The summed E-state index contributed by atoms with van der Waals surface area (Å²) in [5, 5.41) is 8.97. The van der Waals surface area contributed by atoms with E-state index in [1.165, 1.54) is 25.3 Å². The number of ether oxygens (including phenoxy) is 1. The topological polar surface area (TPSA) is 63.6 Å². The Balaban J connectivity index is 2.55. The highest BCUT2D eigenvalue weighted by Gasteiger charge is 2.58. The molecule has 1 aromatic carbocycles. The van der Waals surface area contributed by atoms with Crippen LogP contribution in [0.4, 0.5) is 8.78 Å². The summed E-state index contributed by atoms with van der Waals surface area (Å²) in [7, 11) is 1.37. The summed E-state index contributed by atoms with van der Waals surface area (Å²) in [5.74, 6) is -2.52. The lowest BCUT2D eigenvalue weighted by Crippen LogP contribution is -2.43. The van der Waals surface area contributed by atoms with Gasteiger partial charge in [0.25, 0.3) is 6.43 Å². The largest absolute Gasteiger partial charge is 0.497 e. The van der Waals surface area contributed by atoms with Crippen LogP contribution < -0.4 is 4.74 Å². The van der Waals surface area contributed by atoms with Crippen molar-refractivity contribution in [3.05, 3.63) is 29.3 Å². The molecule has 0 bridgehead atoms. The maximum absolute atomic E-state index is 13.0. The van der Waals surface area contributed by atoms with Crippen molar-refractivity contribution < 1.29 is 28.2 Å². The smallest absolute Gasteiger partial charge is 0.323 e. The fourth-order valence-corrected chi connectivity index (χ4v) is 2.11. The molecule has 0 amide bonds. The number of carbonyl (C=O) groups excluding carboxylic acids is 1. The maximum Gasteiger partial charge on any atom is 0.323 e. The lowest BCUT2D eigenvalue weighted by Gasteiger charge is -2.20. The van der Waals surface area contributed by atoms with Crippen LogP contribution in [0.5, 0.6) is 5.75 Å². The standard InChI is InChI=1S/C12H10F2O4/c1-18-7-3-2-6-5-12(10(13)14,11(16)17)9(15)8(6)4-7/h2-4,10H,5H2,1H3,(H,16,17). The molecule has 0 saturated carbocycles. The summed E-state index contributed by atoms with van der Waals surface area (Å²) in [4.78, 5) is 23.0. The average Bonchev–Trinajstić information content (AvgIpc) is 2.63. The maximum atomic E-state index is 13.0. The third-order valence-electron chi connectivity index (χ3n) is 3.19. The number of hydrogen-bond acceptors (Lipinski definition) is 3. The first-order chi connectivity index (χ1) is 8.43. The fraction of sp³-hybridized carbons (Fsp3) is 0.333. The molecule has 0 fully saturated rings. The molecule has 0 radical (unpaired) electrons. The van der Waals surface area contributed by atoms with E-state index < -0.39 is 30.0 Å². The summed E-state index contributed by atoms with van der Waals surface area (Å²) in [6, 6.07) is 4.25. The highest BCUT2D eigenvalue weighted by atomic mass is 19.3. The number of Topliss-reactive ketones (excluding diaryl/α,β-unsaturated/α-hetero) is 1. The first-order valence-electron chi connectivity index (χ1n) is 5.16. The first kappa shape index (κ1) is 12.5. The van der Waals surface area contributed by atoms with Crippen LogP contribution in [0, 0.1) is 5.41 Å². The molecule has 0 heterocycles. The van der Waals surface area contributed by atoms with Crippen LogP contribution in [-0.4, -0.2) is 30.4 Å². The Morgan fingerprint density at radius 3 is 2.67 bits per heavy atom. The van der Waals surface area contributed by atoms with Crippen molar-refractivity contribution >= 4 is 11.8 Å². The predicted molar refractivity (Wildman–Crippen MR) is 57.1 cm³/mol. The number of methoxy groups -OCH3 is 1. The number of hydrogen-bond donors (Lipinski definition) is 1. The number of fused-ring (bicyclic) bond motifs is 1. The van der Waals surface area contributed by atoms with Gasteiger partial charge >= 0.3 is 5.97 Å². The van der Waals surface area contributed by atoms with Gasteiger partial charge in [-0.1, -0.05) is 6.07 Å². The number of carbonyl (C=O) groups is 2. The Hall–Kier alpha value is -1.98. The molecule has 1 aliphatic carbocycles. The van der Waals surface area contributed by atoms with Crippen molar-refractivity contribution in [3.8, 4) is 5.75 Å². The van der Waals surface area contributed by atoms with Gasteiger partial charge in [0, 0.05) is 12.0 Å². The van der Waals surface area contributed by atoms with E-state index in [-0.39, 0.29) is 5.56 Å². The van der Waals surface area contributed by atoms with Gasteiger partial charge < -0.3 is 9.84 Å². The number of benzene rings is 1. The third kappa shape index (κ3) is 1.48. The van der Waals surface area contributed by atoms with E-state index >= 15 is 0 Å². The van der Waals surface area contributed by atoms with Crippen molar-refractivity contribution in [2.45, 2.75) is 12.8 Å². The average molecular weight is 256 g/mol. The number of ketones is 1. The molecule has 0 aromatic heterocycles. The van der Waals surface area contributed by atoms with Crippen LogP contribution in [0.3, 0.4) is 0 Å². The van der Waals surface area contributed by atoms with Gasteiger partial charge in [-0.3, -0.25) is 9.59 Å². The monoisotopic (exact) mass is 256 g/mol. The molecule has 4 nitrogen and oxygen atoms in total. The fourth-order valence-electron chi connectivity index (χ4n) is 2.11. The first-order valence-corrected chi connectivity index (χ1v) is 5.16. The van der Waals surface area contributed by atoms with Crippen LogP contribution in [0.1, 0.15) is 15.9 Å². The van der Waals surface area contributed by atoms with Crippen LogP contribution in [0.2, 0.25) is 0 Å². The zero-order chi connectivity index (χ0) is 13.5. The van der Waals surface area contributed by atoms with Crippen molar-refractivity contribution in [2.24, 2.45) is 5.41 Å².